The number of para-hydroxylation sites is 1. The Morgan fingerprint density at radius 1 is 1.30 bits per heavy atom. The fourth-order valence-corrected chi connectivity index (χ4v) is 2.10. The minimum atomic E-state index is -0.797. The van der Waals surface area contributed by atoms with E-state index in [9.17, 15) is 14.4 Å². The minimum Gasteiger partial charge on any atom is -0.326 e. The number of benzene rings is 1. The van der Waals surface area contributed by atoms with Crippen molar-refractivity contribution in [2.24, 2.45) is 0 Å². The summed E-state index contributed by atoms with van der Waals surface area (Å²) in [5, 5.41) is 7.28. The molecule has 0 spiro atoms. The number of carbonyl (C=O) groups excluding carboxylic acids is 3. The number of carbonyl (C=O) groups is 3. The van der Waals surface area contributed by atoms with Crippen LogP contribution in [0.4, 0.5) is 10.5 Å². The van der Waals surface area contributed by atoms with Gasteiger partial charge in [-0.25, -0.2) is 4.79 Å². The van der Waals surface area contributed by atoms with Crippen molar-refractivity contribution < 1.29 is 14.4 Å². The molecule has 1 heterocycles. The summed E-state index contributed by atoms with van der Waals surface area (Å²) in [6, 6.07) is 6.16. The summed E-state index contributed by atoms with van der Waals surface area (Å²) in [6.07, 6.45) is -0.0794. The van der Waals surface area contributed by atoms with Gasteiger partial charge in [-0.15, -0.1) is 0 Å². The Kier molecular flexibility index (Phi) is 4.02. The van der Waals surface area contributed by atoms with Gasteiger partial charge in [0.15, 0.2) is 0 Å². The van der Waals surface area contributed by atoms with Crippen molar-refractivity contribution in [2.45, 2.75) is 32.2 Å². The van der Waals surface area contributed by atoms with Gasteiger partial charge >= 0.3 is 6.03 Å². The molecule has 1 unspecified atom stereocenters. The highest BCUT2D eigenvalue weighted by molar-refractivity contribution is 6.06. The predicted octanol–water partition coefficient (Wildman–Crippen LogP) is 1.35. The summed E-state index contributed by atoms with van der Waals surface area (Å²) < 4.78 is 0. The molecule has 1 aromatic carbocycles. The predicted molar refractivity (Wildman–Crippen MR) is 74.2 cm³/mol. The van der Waals surface area contributed by atoms with Crippen molar-refractivity contribution in [2.75, 3.05) is 5.32 Å². The maximum atomic E-state index is 12.0. The number of hydrogen-bond donors (Lipinski definition) is 3. The van der Waals surface area contributed by atoms with Crippen LogP contribution in [0.2, 0.25) is 0 Å². The monoisotopic (exact) mass is 275 g/mol. The number of rotatable bonds is 4. The average molecular weight is 275 g/mol. The molecule has 6 heteroatoms. The van der Waals surface area contributed by atoms with E-state index in [1.807, 2.05) is 38.1 Å². The smallest absolute Gasteiger partial charge is 0.322 e. The lowest BCUT2D eigenvalue weighted by atomic mass is 10.0. The van der Waals surface area contributed by atoms with E-state index in [4.69, 9.17) is 0 Å². The fourth-order valence-electron chi connectivity index (χ4n) is 2.10. The molecule has 0 radical (unpaired) electrons. The van der Waals surface area contributed by atoms with Gasteiger partial charge in [0.05, 0.1) is 6.42 Å². The van der Waals surface area contributed by atoms with Crippen LogP contribution in [0, 0.1) is 0 Å². The van der Waals surface area contributed by atoms with E-state index in [0.29, 0.717) is 0 Å². The van der Waals surface area contributed by atoms with Crippen molar-refractivity contribution in [3.63, 3.8) is 0 Å². The Morgan fingerprint density at radius 3 is 2.60 bits per heavy atom. The summed E-state index contributed by atoms with van der Waals surface area (Å²) >= 11 is 0. The van der Waals surface area contributed by atoms with Crippen LogP contribution in [0.1, 0.15) is 31.7 Å². The van der Waals surface area contributed by atoms with Crippen molar-refractivity contribution in [1.82, 2.24) is 10.6 Å². The van der Waals surface area contributed by atoms with E-state index < -0.39 is 18.0 Å². The largest absolute Gasteiger partial charge is 0.326 e. The summed E-state index contributed by atoms with van der Waals surface area (Å²) in [7, 11) is 0. The van der Waals surface area contributed by atoms with Crippen LogP contribution in [0.3, 0.4) is 0 Å². The third-order valence-electron chi connectivity index (χ3n) is 3.10. The molecule has 2 rings (SSSR count). The highest BCUT2D eigenvalue weighted by Crippen LogP contribution is 2.23. The number of urea groups is 1. The number of nitrogens with one attached hydrogen (secondary N) is 3. The summed E-state index contributed by atoms with van der Waals surface area (Å²) in [6.45, 7) is 4.07. The summed E-state index contributed by atoms with van der Waals surface area (Å²) in [4.78, 5) is 34.3. The van der Waals surface area contributed by atoms with Gasteiger partial charge in [-0.05, 0) is 17.5 Å². The number of hydrogen-bond acceptors (Lipinski definition) is 3. The van der Waals surface area contributed by atoms with Gasteiger partial charge in [0.1, 0.15) is 6.04 Å². The summed E-state index contributed by atoms with van der Waals surface area (Å²) in [5.74, 6) is -0.497. The lowest BCUT2D eigenvalue weighted by molar-refractivity contribution is -0.124. The van der Waals surface area contributed by atoms with E-state index in [1.165, 1.54) is 0 Å². The van der Waals surface area contributed by atoms with Gasteiger partial charge in [-0.2, -0.15) is 0 Å². The van der Waals surface area contributed by atoms with Crippen molar-refractivity contribution >= 4 is 23.5 Å². The summed E-state index contributed by atoms with van der Waals surface area (Å²) in [5.41, 5.74) is 1.76. The van der Waals surface area contributed by atoms with Crippen LogP contribution in [0.25, 0.3) is 0 Å². The third kappa shape index (κ3) is 3.14. The first-order valence-corrected chi connectivity index (χ1v) is 6.47. The second-order valence-corrected chi connectivity index (χ2v) is 5.01. The van der Waals surface area contributed by atoms with Gasteiger partial charge in [0, 0.05) is 5.69 Å². The zero-order valence-electron chi connectivity index (χ0n) is 11.4. The highest BCUT2D eigenvalue weighted by atomic mass is 16.2. The Morgan fingerprint density at radius 2 is 2.00 bits per heavy atom. The number of amides is 4. The third-order valence-corrected chi connectivity index (χ3v) is 3.10. The first-order chi connectivity index (χ1) is 9.47. The van der Waals surface area contributed by atoms with Crippen LogP contribution in [0.5, 0.6) is 0 Å². The van der Waals surface area contributed by atoms with Gasteiger partial charge in [-0.1, -0.05) is 32.0 Å². The fraction of sp³-hybridized carbons (Fsp3) is 0.357. The van der Waals surface area contributed by atoms with Crippen LogP contribution in [-0.2, 0) is 9.59 Å². The Labute approximate surface area is 116 Å². The molecule has 1 aliphatic heterocycles. The molecule has 1 atom stereocenters. The SMILES string of the molecule is CC(C)c1ccccc1NC(=O)CC1NC(=O)NC1=O. The molecule has 1 saturated heterocycles. The van der Waals surface area contributed by atoms with Gasteiger partial charge < -0.3 is 10.6 Å². The Bertz CT molecular complexity index is 554. The van der Waals surface area contributed by atoms with Gasteiger partial charge in [0.25, 0.3) is 5.91 Å². The lowest BCUT2D eigenvalue weighted by Crippen LogP contribution is -2.33. The molecule has 1 aliphatic rings. The van der Waals surface area contributed by atoms with E-state index in [2.05, 4.69) is 16.0 Å². The molecule has 1 aromatic rings. The topological polar surface area (TPSA) is 87.3 Å². The van der Waals surface area contributed by atoms with E-state index in [0.717, 1.165) is 11.3 Å². The second kappa shape index (κ2) is 5.73. The molecule has 0 aliphatic carbocycles. The van der Waals surface area contributed by atoms with E-state index in [-0.39, 0.29) is 18.2 Å². The average Bonchev–Trinajstić information content (AvgIpc) is 2.68. The molecule has 1 fully saturated rings. The highest BCUT2D eigenvalue weighted by Gasteiger charge is 2.31. The van der Waals surface area contributed by atoms with Gasteiger partial charge in [0.2, 0.25) is 5.91 Å². The molecule has 0 bridgehead atoms. The Balaban J connectivity index is 2.02. The molecule has 6 nitrogen and oxygen atoms in total. The first kappa shape index (κ1) is 14.0. The molecule has 0 saturated carbocycles. The van der Waals surface area contributed by atoms with E-state index >= 15 is 0 Å². The van der Waals surface area contributed by atoms with Crippen molar-refractivity contribution in [3.8, 4) is 0 Å². The molecular formula is C14H17N3O3. The molecule has 0 aromatic heterocycles. The van der Waals surface area contributed by atoms with Crippen LogP contribution >= 0.6 is 0 Å². The minimum absolute atomic E-state index is 0.0794. The number of imide groups is 1. The molecule has 20 heavy (non-hydrogen) atoms. The van der Waals surface area contributed by atoms with Crippen LogP contribution in [-0.4, -0.2) is 23.9 Å². The maximum absolute atomic E-state index is 12.0. The van der Waals surface area contributed by atoms with E-state index in [1.54, 1.807) is 0 Å². The molecule has 106 valence electrons. The van der Waals surface area contributed by atoms with Crippen LogP contribution < -0.4 is 16.0 Å². The standard InChI is InChI=1S/C14H17N3O3/c1-8(2)9-5-3-4-6-10(9)15-12(18)7-11-13(19)17-14(20)16-11/h3-6,8,11H,7H2,1-2H3,(H,15,18)(H2,16,17,19,20). The molecular weight excluding hydrogens is 258 g/mol. The first-order valence-electron chi connectivity index (χ1n) is 6.47. The zero-order valence-corrected chi connectivity index (χ0v) is 11.4. The van der Waals surface area contributed by atoms with Gasteiger partial charge in [-0.3, -0.25) is 14.9 Å². The normalized spacial score (nSPS) is 17.9. The maximum Gasteiger partial charge on any atom is 0.322 e. The van der Waals surface area contributed by atoms with Crippen LogP contribution in [0.15, 0.2) is 24.3 Å². The quantitative estimate of drug-likeness (QED) is 0.725. The Hall–Kier alpha value is -2.37. The molecule has 3 N–H and O–H groups in total. The molecule has 4 amide bonds. The lowest BCUT2D eigenvalue weighted by Gasteiger charge is -2.14. The van der Waals surface area contributed by atoms with Crippen molar-refractivity contribution in [3.05, 3.63) is 29.8 Å². The zero-order chi connectivity index (χ0) is 14.7. The van der Waals surface area contributed by atoms with Crippen molar-refractivity contribution in [1.29, 1.82) is 0 Å². The second-order valence-electron chi connectivity index (χ2n) is 5.01. The number of anilines is 1.